The molecule has 3 heterocycles. The molecule has 3 aromatic rings. The Labute approximate surface area is 228 Å². The summed E-state index contributed by atoms with van der Waals surface area (Å²) < 4.78 is 17.4. The Balaban J connectivity index is 1.02. The summed E-state index contributed by atoms with van der Waals surface area (Å²) in [6.45, 7) is 8.47. The number of rotatable bonds is 9. The molecule has 0 bridgehead atoms. The monoisotopic (exact) mass is 530 g/mol. The predicted molar refractivity (Wildman–Crippen MR) is 145 cm³/mol. The quantitative estimate of drug-likeness (QED) is 0.420. The van der Waals surface area contributed by atoms with Crippen molar-refractivity contribution in [2.75, 3.05) is 31.2 Å². The van der Waals surface area contributed by atoms with Gasteiger partial charge in [-0.2, -0.15) is 0 Å². The van der Waals surface area contributed by atoms with Gasteiger partial charge in [0.25, 0.3) is 0 Å². The van der Waals surface area contributed by atoms with Crippen molar-refractivity contribution in [3.8, 4) is 11.5 Å². The summed E-state index contributed by atoms with van der Waals surface area (Å²) in [5.74, 6) is 2.54. The van der Waals surface area contributed by atoms with Crippen LogP contribution < -0.4 is 19.7 Å². The third kappa shape index (κ3) is 5.36. The Kier molecular flexibility index (Phi) is 6.54. The lowest BCUT2D eigenvalue weighted by Crippen LogP contribution is -2.66. The molecule has 2 saturated heterocycles. The fraction of sp³-hybridized carbons (Fsp3) is 0.433. The second-order valence-electron chi connectivity index (χ2n) is 11.5. The molecular formula is C30H34N4O5. The molecule has 1 saturated carbocycles. The van der Waals surface area contributed by atoms with Gasteiger partial charge in [0.15, 0.2) is 0 Å². The molecule has 9 nitrogen and oxygen atoms in total. The molecule has 2 N–H and O–H groups in total. The molecule has 3 fully saturated rings. The van der Waals surface area contributed by atoms with Gasteiger partial charge in [-0.05, 0) is 35.4 Å². The number of hydrogen-bond acceptors (Lipinski definition) is 7. The first-order chi connectivity index (χ1) is 18.8. The van der Waals surface area contributed by atoms with Crippen molar-refractivity contribution in [3.63, 3.8) is 0 Å². The van der Waals surface area contributed by atoms with Gasteiger partial charge in [-0.15, -0.1) is 0 Å². The van der Waals surface area contributed by atoms with Gasteiger partial charge in [0.1, 0.15) is 36.4 Å². The van der Waals surface area contributed by atoms with Crippen LogP contribution in [0.25, 0.3) is 0 Å². The van der Waals surface area contributed by atoms with Gasteiger partial charge < -0.3 is 29.5 Å². The zero-order valence-corrected chi connectivity index (χ0v) is 22.3. The fourth-order valence-corrected chi connectivity index (χ4v) is 5.53. The van der Waals surface area contributed by atoms with E-state index in [1.54, 1.807) is 6.33 Å². The second kappa shape index (κ2) is 10.0. The van der Waals surface area contributed by atoms with E-state index in [2.05, 4.69) is 58.3 Å². The van der Waals surface area contributed by atoms with Crippen molar-refractivity contribution in [2.24, 2.45) is 5.41 Å². The van der Waals surface area contributed by atoms with Crippen LogP contribution in [0.1, 0.15) is 43.5 Å². The summed E-state index contributed by atoms with van der Waals surface area (Å²) in [5, 5.41) is 11.3. The number of benzene rings is 2. The summed E-state index contributed by atoms with van der Waals surface area (Å²) in [6, 6.07) is 18.4. The number of carbonyl (C=O) groups is 1. The number of nitrogens with zero attached hydrogens (tertiary/aromatic N) is 3. The molecule has 39 heavy (non-hydrogen) atoms. The number of carboxylic acid groups (broad SMARTS) is 1. The first kappa shape index (κ1) is 25.4. The first-order valence-electron chi connectivity index (χ1n) is 13.4. The van der Waals surface area contributed by atoms with Crippen LogP contribution >= 0.6 is 0 Å². The molecule has 1 aromatic heterocycles. The van der Waals surface area contributed by atoms with Crippen molar-refractivity contribution in [1.82, 2.24) is 15.3 Å². The minimum atomic E-state index is -0.982. The number of anilines is 1. The predicted octanol–water partition coefficient (Wildman–Crippen LogP) is 4.40. The Hall–Kier alpha value is -3.85. The van der Waals surface area contributed by atoms with Crippen LogP contribution in [0.2, 0.25) is 0 Å². The molecule has 1 spiro atoms. The highest BCUT2D eigenvalue weighted by Crippen LogP contribution is 2.39. The average Bonchev–Trinajstić information content (AvgIpc) is 2.85. The Bertz CT molecular complexity index is 1310. The lowest BCUT2D eigenvalue weighted by Gasteiger charge is -2.55. The standard InChI is InChI=1S/C30H34N4O5/c1-29(2,21-5-9-25(10-6-21)39-26-11-22(12-26)33-28(35)36)20-3-7-24(8-4-20)38-14-23-13-27(32-19-31-23)34-15-30(16-34)17-37-18-30/h3-10,13,19,22,26,33H,11-12,14-18H2,1-2H3,(H,35,36). The fourth-order valence-electron chi connectivity index (χ4n) is 5.53. The molecule has 2 aliphatic heterocycles. The summed E-state index contributed by atoms with van der Waals surface area (Å²) >= 11 is 0. The van der Waals surface area contributed by atoms with Crippen molar-refractivity contribution < 1.29 is 24.1 Å². The molecule has 0 atom stereocenters. The summed E-state index contributed by atoms with van der Waals surface area (Å²) in [5.41, 5.74) is 3.35. The minimum Gasteiger partial charge on any atom is -0.490 e. The highest BCUT2D eigenvalue weighted by Gasteiger charge is 2.49. The molecule has 0 radical (unpaired) electrons. The van der Waals surface area contributed by atoms with E-state index in [0.29, 0.717) is 24.9 Å². The second-order valence-corrected chi connectivity index (χ2v) is 11.5. The molecule has 1 amide bonds. The third-order valence-electron chi connectivity index (χ3n) is 8.17. The maximum absolute atomic E-state index is 10.7. The maximum Gasteiger partial charge on any atom is 0.404 e. The number of aromatic nitrogens is 2. The van der Waals surface area contributed by atoms with Crippen LogP contribution in [0.3, 0.4) is 0 Å². The highest BCUT2D eigenvalue weighted by molar-refractivity contribution is 5.65. The van der Waals surface area contributed by atoms with E-state index in [9.17, 15) is 4.79 Å². The molecule has 2 aromatic carbocycles. The zero-order valence-electron chi connectivity index (χ0n) is 22.3. The van der Waals surface area contributed by atoms with Crippen LogP contribution in [0, 0.1) is 5.41 Å². The average molecular weight is 531 g/mol. The Morgan fingerprint density at radius 1 is 1.05 bits per heavy atom. The zero-order chi connectivity index (χ0) is 27.0. The minimum absolute atomic E-state index is 0.0168. The Morgan fingerprint density at radius 2 is 1.69 bits per heavy atom. The van der Waals surface area contributed by atoms with E-state index in [0.717, 1.165) is 49.3 Å². The Morgan fingerprint density at radius 3 is 2.28 bits per heavy atom. The number of hydrogen-bond donors (Lipinski definition) is 2. The molecule has 0 unspecified atom stereocenters. The third-order valence-corrected chi connectivity index (χ3v) is 8.17. The number of nitrogens with one attached hydrogen (secondary N) is 1. The lowest BCUT2D eigenvalue weighted by molar-refractivity contribution is -0.127. The van der Waals surface area contributed by atoms with Gasteiger partial charge in [-0.1, -0.05) is 38.1 Å². The van der Waals surface area contributed by atoms with Gasteiger partial charge >= 0.3 is 6.09 Å². The van der Waals surface area contributed by atoms with Crippen molar-refractivity contribution in [1.29, 1.82) is 0 Å². The van der Waals surface area contributed by atoms with Crippen molar-refractivity contribution >= 4 is 11.9 Å². The van der Waals surface area contributed by atoms with Crippen LogP contribution in [0.4, 0.5) is 10.6 Å². The molecular weight excluding hydrogens is 496 g/mol. The van der Waals surface area contributed by atoms with Crippen LogP contribution in [0.5, 0.6) is 11.5 Å². The topological polar surface area (TPSA) is 106 Å². The number of amides is 1. The van der Waals surface area contributed by atoms with Gasteiger partial charge in [-0.25, -0.2) is 14.8 Å². The lowest BCUT2D eigenvalue weighted by atomic mass is 9.78. The van der Waals surface area contributed by atoms with E-state index < -0.39 is 6.09 Å². The van der Waals surface area contributed by atoms with Crippen LogP contribution in [-0.4, -0.2) is 59.6 Å². The molecule has 6 rings (SSSR count). The number of ether oxygens (including phenoxy) is 3. The largest absolute Gasteiger partial charge is 0.490 e. The van der Waals surface area contributed by atoms with E-state index in [1.807, 2.05) is 30.3 Å². The molecule has 204 valence electrons. The van der Waals surface area contributed by atoms with E-state index in [1.165, 1.54) is 11.1 Å². The van der Waals surface area contributed by atoms with Gasteiger partial charge in [0, 0.05) is 43.5 Å². The van der Waals surface area contributed by atoms with Gasteiger partial charge in [0.2, 0.25) is 0 Å². The van der Waals surface area contributed by atoms with E-state index in [-0.39, 0.29) is 17.6 Å². The molecule has 3 aliphatic rings. The summed E-state index contributed by atoms with van der Waals surface area (Å²) in [6.07, 6.45) is 2.07. The smallest absolute Gasteiger partial charge is 0.404 e. The molecule has 9 heteroatoms. The highest BCUT2D eigenvalue weighted by atomic mass is 16.5. The van der Waals surface area contributed by atoms with E-state index >= 15 is 0 Å². The maximum atomic E-state index is 10.7. The van der Waals surface area contributed by atoms with Crippen molar-refractivity contribution in [2.45, 2.75) is 50.9 Å². The molecule has 1 aliphatic carbocycles. The summed E-state index contributed by atoms with van der Waals surface area (Å²) in [4.78, 5) is 21.8. The normalized spacial score (nSPS) is 21.3. The van der Waals surface area contributed by atoms with Gasteiger partial charge in [0.05, 0.1) is 24.3 Å². The first-order valence-corrected chi connectivity index (χ1v) is 13.4. The van der Waals surface area contributed by atoms with Gasteiger partial charge in [-0.3, -0.25) is 0 Å². The van der Waals surface area contributed by atoms with Crippen LogP contribution in [0.15, 0.2) is 60.9 Å². The van der Waals surface area contributed by atoms with E-state index in [4.69, 9.17) is 19.3 Å². The summed E-state index contributed by atoms with van der Waals surface area (Å²) in [7, 11) is 0. The van der Waals surface area contributed by atoms with Crippen molar-refractivity contribution in [3.05, 3.63) is 77.7 Å². The van der Waals surface area contributed by atoms with Crippen LogP contribution in [-0.2, 0) is 16.8 Å². The SMILES string of the molecule is CC(C)(c1ccc(OCc2cc(N3CC4(COC4)C3)ncn2)cc1)c1ccc(OC2CC(NC(=O)O)C2)cc1.